The Balaban J connectivity index is 1.68. The van der Waals surface area contributed by atoms with Crippen LogP contribution in [0.15, 0.2) is 41.6 Å². The van der Waals surface area contributed by atoms with E-state index in [2.05, 4.69) is 9.88 Å². The number of hydrogen-bond acceptors (Lipinski definition) is 5. The molecule has 1 aromatic carbocycles. The maximum atomic E-state index is 13.3. The van der Waals surface area contributed by atoms with Crippen LogP contribution in [0.2, 0.25) is 0 Å². The van der Waals surface area contributed by atoms with Crippen molar-refractivity contribution < 1.29 is 12.6 Å². The SMILES string of the molecule is CCS(C)(C)(=O)CCCN1CCCN(S(=O)(=O)c2cccc3cnccc23)CC1. The summed E-state index contributed by atoms with van der Waals surface area (Å²) in [7, 11) is -6.05. The predicted octanol–water partition coefficient (Wildman–Crippen LogP) is 2.42. The van der Waals surface area contributed by atoms with Crippen LogP contribution >= 0.6 is 0 Å². The second-order valence-corrected chi connectivity index (χ2v) is 16.2. The number of pyridine rings is 1. The van der Waals surface area contributed by atoms with Crippen LogP contribution in [0.25, 0.3) is 10.8 Å². The van der Waals surface area contributed by atoms with Crippen LogP contribution in [-0.4, -0.2) is 83.6 Å². The highest BCUT2D eigenvalue weighted by Crippen LogP contribution is 2.26. The zero-order chi connectivity index (χ0) is 21.1. The van der Waals surface area contributed by atoms with Crippen molar-refractivity contribution in [1.82, 2.24) is 14.2 Å². The molecule has 0 bridgehead atoms. The smallest absolute Gasteiger partial charge is 0.243 e. The van der Waals surface area contributed by atoms with Crippen molar-refractivity contribution >= 4 is 29.9 Å². The van der Waals surface area contributed by atoms with Crippen LogP contribution in [0.3, 0.4) is 0 Å². The lowest BCUT2D eigenvalue weighted by molar-refractivity contribution is 0.287. The van der Waals surface area contributed by atoms with E-state index in [1.54, 1.807) is 34.9 Å². The van der Waals surface area contributed by atoms with E-state index in [0.29, 0.717) is 30.3 Å². The summed E-state index contributed by atoms with van der Waals surface area (Å²) < 4.78 is 41.1. The van der Waals surface area contributed by atoms with Gasteiger partial charge in [0.1, 0.15) is 0 Å². The van der Waals surface area contributed by atoms with Gasteiger partial charge in [-0.05, 0) is 50.6 Å². The van der Waals surface area contributed by atoms with Crippen molar-refractivity contribution in [3.63, 3.8) is 0 Å². The molecule has 8 heteroatoms. The van der Waals surface area contributed by atoms with E-state index in [4.69, 9.17) is 0 Å². The van der Waals surface area contributed by atoms with Gasteiger partial charge in [-0.25, -0.2) is 8.42 Å². The first kappa shape index (κ1) is 22.3. The first-order valence-electron chi connectivity index (χ1n) is 10.2. The Morgan fingerprint density at radius 2 is 1.90 bits per heavy atom. The molecule has 29 heavy (non-hydrogen) atoms. The van der Waals surface area contributed by atoms with Crippen molar-refractivity contribution in [3.05, 3.63) is 36.7 Å². The second kappa shape index (κ2) is 8.41. The second-order valence-electron chi connectivity index (χ2n) is 8.63. The van der Waals surface area contributed by atoms with Gasteiger partial charge in [0.15, 0.2) is 0 Å². The molecule has 0 spiro atoms. The van der Waals surface area contributed by atoms with E-state index in [1.807, 2.05) is 25.5 Å². The maximum Gasteiger partial charge on any atom is 0.243 e. The number of aromatic nitrogens is 1. The van der Waals surface area contributed by atoms with Crippen LogP contribution in [0.4, 0.5) is 0 Å². The molecule has 0 atom stereocenters. The lowest BCUT2D eigenvalue weighted by atomic mass is 10.2. The number of benzene rings is 1. The molecule has 0 amide bonds. The molecule has 1 aliphatic rings. The van der Waals surface area contributed by atoms with E-state index in [0.717, 1.165) is 42.5 Å². The zero-order valence-electron chi connectivity index (χ0n) is 17.7. The Bertz CT molecular complexity index is 1030. The Morgan fingerprint density at radius 3 is 2.66 bits per heavy atom. The van der Waals surface area contributed by atoms with Gasteiger partial charge in [0.2, 0.25) is 10.0 Å². The molecule has 1 aromatic heterocycles. The van der Waals surface area contributed by atoms with Crippen molar-refractivity contribution in [2.45, 2.75) is 24.7 Å². The van der Waals surface area contributed by atoms with Gasteiger partial charge in [0.05, 0.1) is 4.90 Å². The van der Waals surface area contributed by atoms with E-state index in [9.17, 15) is 12.6 Å². The fraction of sp³-hybridized carbons (Fsp3) is 0.571. The summed E-state index contributed by atoms with van der Waals surface area (Å²) in [5.74, 6) is 1.44. The zero-order valence-corrected chi connectivity index (χ0v) is 19.3. The third kappa shape index (κ3) is 5.42. The monoisotopic (exact) mass is 439 g/mol. The number of rotatable bonds is 7. The molecule has 1 fully saturated rings. The van der Waals surface area contributed by atoms with Gasteiger partial charge in [-0.1, -0.05) is 28.1 Å². The Morgan fingerprint density at radius 1 is 1.10 bits per heavy atom. The summed E-state index contributed by atoms with van der Waals surface area (Å²) in [5, 5.41) is 1.55. The minimum absolute atomic E-state index is 0.355. The minimum Gasteiger partial charge on any atom is -0.302 e. The highest BCUT2D eigenvalue weighted by Gasteiger charge is 2.28. The summed E-state index contributed by atoms with van der Waals surface area (Å²) in [6.45, 7) is 5.44. The van der Waals surface area contributed by atoms with Gasteiger partial charge in [0.25, 0.3) is 0 Å². The molecular formula is C21H33N3O3S2. The van der Waals surface area contributed by atoms with Crippen LogP contribution in [-0.2, 0) is 19.1 Å². The summed E-state index contributed by atoms with van der Waals surface area (Å²) in [4.78, 5) is 6.76. The molecule has 2 aromatic rings. The van der Waals surface area contributed by atoms with Gasteiger partial charge < -0.3 is 4.90 Å². The third-order valence-corrected chi connectivity index (χ3v) is 11.3. The van der Waals surface area contributed by atoms with Gasteiger partial charge in [-0.2, -0.15) is 4.31 Å². The fourth-order valence-corrected chi connectivity index (χ4v) is 6.75. The molecule has 0 unspecified atom stereocenters. The van der Waals surface area contributed by atoms with Gasteiger partial charge >= 0.3 is 0 Å². The molecule has 0 saturated carbocycles. The van der Waals surface area contributed by atoms with Gasteiger partial charge in [-0.3, -0.25) is 9.19 Å². The maximum absolute atomic E-state index is 13.3. The Hall–Kier alpha value is -1.35. The average Bonchev–Trinajstić information content (AvgIpc) is 2.93. The Labute approximate surface area is 174 Å². The van der Waals surface area contributed by atoms with E-state index in [-0.39, 0.29) is 0 Å². The van der Waals surface area contributed by atoms with Crippen LogP contribution in [0.5, 0.6) is 0 Å². The number of nitrogens with zero attached hydrogens (tertiary/aromatic N) is 3. The molecule has 0 N–H and O–H groups in total. The summed E-state index contributed by atoms with van der Waals surface area (Å²) in [6, 6.07) is 7.11. The van der Waals surface area contributed by atoms with Crippen molar-refractivity contribution in [1.29, 1.82) is 0 Å². The molecule has 1 saturated heterocycles. The topological polar surface area (TPSA) is 70.6 Å². The lowest BCUT2D eigenvalue weighted by Gasteiger charge is -2.33. The summed E-state index contributed by atoms with van der Waals surface area (Å²) >= 11 is 0. The van der Waals surface area contributed by atoms with Crippen LogP contribution in [0.1, 0.15) is 19.8 Å². The number of fused-ring (bicyclic) bond motifs is 1. The molecule has 6 nitrogen and oxygen atoms in total. The van der Waals surface area contributed by atoms with Gasteiger partial charge in [0, 0.05) is 54.3 Å². The van der Waals surface area contributed by atoms with Crippen LogP contribution in [0, 0.1) is 0 Å². The highest BCUT2D eigenvalue weighted by atomic mass is 32.3. The van der Waals surface area contributed by atoms with Crippen molar-refractivity contribution in [2.24, 2.45) is 0 Å². The molecule has 0 radical (unpaired) electrons. The summed E-state index contributed by atoms with van der Waals surface area (Å²) in [5.41, 5.74) is 0. The average molecular weight is 440 g/mol. The summed E-state index contributed by atoms with van der Waals surface area (Å²) in [6.07, 6.45) is 8.81. The Kier molecular flexibility index (Phi) is 6.48. The van der Waals surface area contributed by atoms with Crippen molar-refractivity contribution in [2.75, 3.05) is 56.7 Å². The van der Waals surface area contributed by atoms with Gasteiger partial charge in [-0.15, -0.1) is 0 Å². The fourth-order valence-electron chi connectivity index (χ4n) is 3.75. The molecule has 1 aliphatic heterocycles. The third-order valence-electron chi connectivity index (χ3n) is 5.96. The van der Waals surface area contributed by atoms with E-state index >= 15 is 0 Å². The first-order chi connectivity index (χ1) is 13.6. The quantitative estimate of drug-likeness (QED) is 0.663. The molecular weight excluding hydrogens is 406 g/mol. The first-order valence-corrected chi connectivity index (χ1v) is 14.8. The highest BCUT2D eigenvalue weighted by molar-refractivity contribution is 8.18. The van der Waals surface area contributed by atoms with Crippen molar-refractivity contribution in [3.8, 4) is 0 Å². The largest absolute Gasteiger partial charge is 0.302 e. The molecule has 3 rings (SSSR count). The molecule has 162 valence electrons. The van der Waals surface area contributed by atoms with Crippen LogP contribution < -0.4 is 0 Å². The molecule has 2 heterocycles. The number of sulfonamides is 1. The number of hydrogen-bond donors (Lipinski definition) is 0. The van der Waals surface area contributed by atoms with E-state index in [1.165, 1.54) is 0 Å². The minimum atomic E-state index is -3.56. The lowest BCUT2D eigenvalue weighted by Crippen LogP contribution is -2.39. The molecule has 0 aliphatic carbocycles. The van der Waals surface area contributed by atoms with E-state index < -0.39 is 19.1 Å². The predicted molar refractivity (Wildman–Crippen MR) is 122 cm³/mol. The normalized spacial score (nSPS) is 18.9. The standard InChI is InChI=1S/C21H33N3O3S2/c1-4-29(2,3,27)17-7-13-23-12-6-14-24(16-15-23)28(25,26)21-9-5-8-19-18-22-11-10-20(19)21/h5,8-11,18H,4,6-7,12-17H2,1-3H3.